The SMILES string of the molecule is CN1CCCC[C@@H]1c1nnc2n1CCN(C(=O)C1CCCCC1)CC2. The summed E-state index contributed by atoms with van der Waals surface area (Å²) in [6.07, 6.45) is 10.4. The smallest absolute Gasteiger partial charge is 0.225 e. The van der Waals surface area contributed by atoms with Crippen molar-refractivity contribution in [2.24, 2.45) is 5.92 Å². The summed E-state index contributed by atoms with van der Waals surface area (Å²) >= 11 is 0. The summed E-state index contributed by atoms with van der Waals surface area (Å²) in [5.41, 5.74) is 0. The van der Waals surface area contributed by atoms with Crippen LogP contribution in [0.4, 0.5) is 0 Å². The van der Waals surface area contributed by atoms with E-state index in [0.29, 0.717) is 11.9 Å². The molecule has 6 heteroatoms. The molecule has 1 atom stereocenters. The predicted molar refractivity (Wildman–Crippen MR) is 96.1 cm³/mol. The van der Waals surface area contributed by atoms with Gasteiger partial charge < -0.3 is 9.47 Å². The summed E-state index contributed by atoms with van der Waals surface area (Å²) in [7, 11) is 2.20. The molecule has 1 aliphatic carbocycles. The molecule has 1 saturated carbocycles. The Kier molecular flexibility index (Phi) is 5.06. The Morgan fingerprint density at radius 1 is 0.920 bits per heavy atom. The number of likely N-dealkylation sites (tertiary alicyclic amines) is 1. The van der Waals surface area contributed by atoms with Crippen LogP contribution in [0.1, 0.15) is 69.1 Å². The Morgan fingerprint density at radius 3 is 2.52 bits per heavy atom. The van der Waals surface area contributed by atoms with Gasteiger partial charge in [0.05, 0.1) is 6.04 Å². The van der Waals surface area contributed by atoms with Crippen molar-refractivity contribution in [3.05, 3.63) is 11.6 Å². The molecule has 138 valence electrons. The van der Waals surface area contributed by atoms with Crippen molar-refractivity contribution in [3.63, 3.8) is 0 Å². The zero-order valence-electron chi connectivity index (χ0n) is 15.5. The van der Waals surface area contributed by atoms with E-state index < -0.39 is 0 Å². The number of hydrogen-bond acceptors (Lipinski definition) is 4. The highest BCUT2D eigenvalue weighted by Crippen LogP contribution is 2.30. The summed E-state index contributed by atoms with van der Waals surface area (Å²) in [6.45, 7) is 3.59. The number of amides is 1. The third kappa shape index (κ3) is 3.46. The number of fused-ring (bicyclic) bond motifs is 1. The fraction of sp³-hybridized carbons (Fsp3) is 0.842. The molecule has 0 spiro atoms. The molecule has 3 heterocycles. The quantitative estimate of drug-likeness (QED) is 0.826. The van der Waals surface area contributed by atoms with Crippen LogP contribution in [0.15, 0.2) is 0 Å². The van der Waals surface area contributed by atoms with Crippen molar-refractivity contribution in [1.29, 1.82) is 0 Å². The minimum absolute atomic E-state index is 0.265. The summed E-state index contributed by atoms with van der Waals surface area (Å²) in [6, 6.07) is 0.385. The number of carbonyl (C=O) groups excluding carboxylic acids is 1. The van der Waals surface area contributed by atoms with Crippen molar-refractivity contribution in [3.8, 4) is 0 Å². The second kappa shape index (κ2) is 7.44. The van der Waals surface area contributed by atoms with Gasteiger partial charge in [-0.05, 0) is 39.3 Å². The van der Waals surface area contributed by atoms with E-state index in [4.69, 9.17) is 0 Å². The molecule has 1 aromatic heterocycles. The second-order valence-corrected chi connectivity index (χ2v) is 8.03. The van der Waals surface area contributed by atoms with E-state index >= 15 is 0 Å². The molecule has 1 saturated heterocycles. The zero-order chi connectivity index (χ0) is 17.2. The maximum Gasteiger partial charge on any atom is 0.225 e. The Bertz CT molecular complexity index is 607. The Labute approximate surface area is 150 Å². The number of piperidine rings is 1. The molecule has 2 fully saturated rings. The van der Waals surface area contributed by atoms with Crippen LogP contribution in [-0.4, -0.2) is 57.2 Å². The zero-order valence-corrected chi connectivity index (χ0v) is 15.5. The lowest BCUT2D eigenvalue weighted by Gasteiger charge is -2.32. The van der Waals surface area contributed by atoms with Gasteiger partial charge in [-0.3, -0.25) is 9.69 Å². The summed E-state index contributed by atoms with van der Waals surface area (Å²) in [5, 5.41) is 9.02. The topological polar surface area (TPSA) is 54.3 Å². The number of hydrogen-bond donors (Lipinski definition) is 0. The molecule has 25 heavy (non-hydrogen) atoms. The first-order valence-electron chi connectivity index (χ1n) is 10.1. The lowest BCUT2D eigenvalue weighted by Crippen LogP contribution is -2.39. The molecule has 0 aromatic carbocycles. The summed E-state index contributed by atoms with van der Waals surface area (Å²) in [5.74, 6) is 2.83. The van der Waals surface area contributed by atoms with Gasteiger partial charge >= 0.3 is 0 Å². The van der Waals surface area contributed by atoms with E-state index in [0.717, 1.165) is 57.1 Å². The van der Waals surface area contributed by atoms with Crippen molar-refractivity contribution in [2.75, 3.05) is 26.7 Å². The van der Waals surface area contributed by atoms with E-state index in [-0.39, 0.29) is 5.92 Å². The van der Waals surface area contributed by atoms with Gasteiger partial charge in [0, 0.05) is 32.0 Å². The average Bonchev–Trinajstić information content (AvgIpc) is 2.93. The largest absolute Gasteiger partial charge is 0.340 e. The highest BCUT2D eigenvalue weighted by atomic mass is 16.2. The van der Waals surface area contributed by atoms with Crippen LogP contribution >= 0.6 is 0 Å². The van der Waals surface area contributed by atoms with E-state index in [1.165, 1.54) is 38.5 Å². The number of aromatic nitrogens is 3. The predicted octanol–water partition coefficient (Wildman–Crippen LogP) is 2.40. The minimum atomic E-state index is 0.265. The number of carbonyl (C=O) groups is 1. The molecule has 0 bridgehead atoms. The van der Waals surface area contributed by atoms with Gasteiger partial charge in [-0.25, -0.2) is 0 Å². The van der Waals surface area contributed by atoms with Crippen LogP contribution in [0.5, 0.6) is 0 Å². The molecule has 4 rings (SSSR count). The fourth-order valence-corrected chi connectivity index (χ4v) is 4.82. The van der Waals surface area contributed by atoms with E-state index in [9.17, 15) is 4.79 Å². The van der Waals surface area contributed by atoms with Gasteiger partial charge in [0.2, 0.25) is 5.91 Å². The molecule has 0 radical (unpaired) electrons. The molecule has 6 nitrogen and oxygen atoms in total. The molecular formula is C19H31N5O. The normalized spacial score (nSPS) is 26.3. The molecule has 0 unspecified atom stereocenters. The van der Waals surface area contributed by atoms with Gasteiger partial charge in [0.15, 0.2) is 0 Å². The average molecular weight is 345 g/mol. The fourth-order valence-electron chi connectivity index (χ4n) is 4.82. The number of nitrogens with zero attached hydrogens (tertiary/aromatic N) is 5. The Morgan fingerprint density at radius 2 is 1.72 bits per heavy atom. The maximum absolute atomic E-state index is 12.9. The molecule has 2 aliphatic heterocycles. The lowest BCUT2D eigenvalue weighted by molar-refractivity contribution is -0.136. The van der Waals surface area contributed by atoms with Crippen molar-refractivity contribution in [2.45, 2.75) is 70.4 Å². The molecule has 3 aliphatic rings. The van der Waals surface area contributed by atoms with E-state index in [1.54, 1.807) is 0 Å². The summed E-state index contributed by atoms with van der Waals surface area (Å²) < 4.78 is 2.31. The molecule has 1 aromatic rings. The van der Waals surface area contributed by atoms with Crippen LogP contribution in [0.3, 0.4) is 0 Å². The van der Waals surface area contributed by atoms with Crippen molar-refractivity contribution >= 4 is 5.91 Å². The van der Waals surface area contributed by atoms with Crippen LogP contribution in [0, 0.1) is 5.92 Å². The standard InChI is InChI=1S/C19H31N5O/c1-22-11-6-5-9-16(22)18-21-20-17-10-12-23(13-14-24(17)18)19(25)15-7-3-2-4-8-15/h15-16H,2-14H2,1H3/t16-/m1/s1. The first-order chi connectivity index (χ1) is 12.2. The number of rotatable bonds is 2. The van der Waals surface area contributed by atoms with E-state index in [2.05, 4.69) is 31.6 Å². The minimum Gasteiger partial charge on any atom is -0.340 e. The van der Waals surface area contributed by atoms with Gasteiger partial charge in [-0.15, -0.1) is 10.2 Å². The third-order valence-electron chi connectivity index (χ3n) is 6.39. The van der Waals surface area contributed by atoms with Gasteiger partial charge in [0.1, 0.15) is 11.6 Å². The van der Waals surface area contributed by atoms with Gasteiger partial charge in [-0.2, -0.15) is 0 Å². The highest BCUT2D eigenvalue weighted by molar-refractivity contribution is 5.79. The first-order valence-corrected chi connectivity index (χ1v) is 10.1. The second-order valence-electron chi connectivity index (χ2n) is 8.03. The summed E-state index contributed by atoms with van der Waals surface area (Å²) in [4.78, 5) is 17.4. The third-order valence-corrected chi connectivity index (χ3v) is 6.39. The highest BCUT2D eigenvalue weighted by Gasteiger charge is 2.31. The van der Waals surface area contributed by atoms with Crippen LogP contribution in [-0.2, 0) is 17.8 Å². The lowest BCUT2D eigenvalue weighted by atomic mass is 9.88. The molecule has 1 amide bonds. The first kappa shape index (κ1) is 17.0. The Hall–Kier alpha value is -1.43. The Balaban J connectivity index is 1.46. The van der Waals surface area contributed by atoms with Gasteiger partial charge in [0.25, 0.3) is 0 Å². The molecular weight excluding hydrogens is 314 g/mol. The van der Waals surface area contributed by atoms with Crippen LogP contribution in [0.2, 0.25) is 0 Å². The van der Waals surface area contributed by atoms with Gasteiger partial charge in [-0.1, -0.05) is 25.7 Å². The maximum atomic E-state index is 12.9. The molecule has 0 N–H and O–H groups in total. The van der Waals surface area contributed by atoms with Crippen molar-refractivity contribution < 1.29 is 4.79 Å². The van der Waals surface area contributed by atoms with Crippen LogP contribution in [0.25, 0.3) is 0 Å². The van der Waals surface area contributed by atoms with Crippen molar-refractivity contribution in [1.82, 2.24) is 24.6 Å². The van der Waals surface area contributed by atoms with E-state index in [1.807, 2.05) is 0 Å². The monoisotopic (exact) mass is 345 g/mol. The van der Waals surface area contributed by atoms with Crippen LogP contribution < -0.4 is 0 Å².